The van der Waals surface area contributed by atoms with Gasteiger partial charge in [-0.25, -0.2) is 0 Å². The lowest BCUT2D eigenvalue weighted by Gasteiger charge is -2.28. The second kappa shape index (κ2) is 6.48. The molecule has 0 saturated carbocycles. The molecule has 0 aliphatic carbocycles. The zero-order valence-electron chi connectivity index (χ0n) is 11.7. The Morgan fingerprint density at radius 2 is 1.81 bits per heavy atom. The Morgan fingerprint density at radius 1 is 1.19 bits per heavy atom. The number of allylic oxidation sites excluding steroid dienone is 1. The van der Waals surface area contributed by atoms with Crippen molar-refractivity contribution in [3.8, 4) is 0 Å². The van der Waals surface area contributed by atoms with Crippen LogP contribution in [0.5, 0.6) is 0 Å². The van der Waals surface area contributed by atoms with E-state index in [4.69, 9.17) is 0 Å². The fraction of sp³-hybridized carbons (Fsp3) is 0.857. The molecule has 0 bridgehead atoms. The van der Waals surface area contributed by atoms with Gasteiger partial charge in [0.05, 0.1) is 8.07 Å². The average molecular weight is 239 g/mol. The van der Waals surface area contributed by atoms with Crippen molar-refractivity contribution in [1.29, 1.82) is 0 Å². The minimum absolute atomic E-state index is 0.946. The minimum atomic E-state index is -0.946. The van der Waals surface area contributed by atoms with Crippen LogP contribution in [-0.4, -0.2) is 26.1 Å². The molecule has 1 heterocycles. The SMILES string of the molecule is CCC[Si](C)(C)CC(C)=CN1CCCCC1. The fourth-order valence-electron chi connectivity index (χ4n) is 2.92. The third kappa shape index (κ3) is 5.20. The average Bonchev–Trinajstić information content (AvgIpc) is 2.17. The molecule has 1 fully saturated rings. The second-order valence-corrected chi connectivity index (χ2v) is 11.3. The van der Waals surface area contributed by atoms with Gasteiger partial charge in [0.1, 0.15) is 0 Å². The Hall–Kier alpha value is -0.243. The summed E-state index contributed by atoms with van der Waals surface area (Å²) in [4.78, 5) is 2.54. The van der Waals surface area contributed by atoms with Gasteiger partial charge in [-0.2, -0.15) is 0 Å². The molecule has 94 valence electrons. The van der Waals surface area contributed by atoms with Crippen molar-refractivity contribution in [3.63, 3.8) is 0 Å². The molecular weight excluding hydrogens is 210 g/mol. The van der Waals surface area contributed by atoms with E-state index >= 15 is 0 Å². The summed E-state index contributed by atoms with van der Waals surface area (Å²) in [6, 6.07) is 2.86. The van der Waals surface area contributed by atoms with Gasteiger partial charge in [0.25, 0.3) is 0 Å². The van der Waals surface area contributed by atoms with Gasteiger partial charge in [-0.3, -0.25) is 0 Å². The summed E-state index contributed by atoms with van der Waals surface area (Å²) in [7, 11) is -0.946. The van der Waals surface area contributed by atoms with Crippen molar-refractivity contribution >= 4 is 8.07 Å². The van der Waals surface area contributed by atoms with E-state index in [1.165, 1.54) is 50.9 Å². The second-order valence-electron chi connectivity index (χ2n) is 6.16. The summed E-state index contributed by atoms with van der Waals surface area (Å²) in [5.74, 6) is 0. The quantitative estimate of drug-likeness (QED) is 0.639. The van der Waals surface area contributed by atoms with Gasteiger partial charge in [0, 0.05) is 13.1 Å². The number of likely N-dealkylation sites (tertiary alicyclic amines) is 1. The predicted octanol–water partition coefficient (Wildman–Crippen LogP) is 4.49. The number of hydrogen-bond acceptors (Lipinski definition) is 1. The maximum Gasteiger partial charge on any atom is 0.0514 e. The highest BCUT2D eigenvalue weighted by Crippen LogP contribution is 2.23. The first-order valence-electron chi connectivity index (χ1n) is 6.95. The highest BCUT2D eigenvalue weighted by Gasteiger charge is 2.20. The molecule has 16 heavy (non-hydrogen) atoms. The van der Waals surface area contributed by atoms with Crippen molar-refractivity contribution in [2.75, 3.05) is 13.1 Å². The van der Waals surface area contributed by atoms with Crippen LogP contribution in [0.1, 0.15) is 39.5 Å². The zero-order valence-corrected chi connectivity index (χ0v) is 12.7. The lowest BCUT2D eigenvalue weighted by Crippen LogP contribution is -2.27. The minimum Gasteiger partial charge on any atom is -0.377 e. The van der Waals surface area contributed by atoms with E-state index in [0.717, 1.165) is 0 Å². The third-order valence-corrected chi connectivity index (χ3v) is 6.85. The zero-order chi connectivity index (χ0) is 12.0. The molecule has 1 nitrogen and oxygen atoms in total. The van der Waals surface area contributed by atoms with E-state index in [9.17, 15) is 0 Å². The summed E-state index contributed by atoms with van der Waals surface area (Å²) >= 11 is 0. The molecule has 0 radical (unpaired) electrons. The van der Waals surface area contributed by atoms with Crippen LogP contribution in [0.15, 0.2) is 11.8 Å². The largest absolute Gasteiger partial charge is 0.377 e. The summed E-state index contributed by atoms with van der Waals surface area (Å²) in [6.45, 7) is 12.3. The highest BCUT2D eigenvalue weighted by atomic mass is 28.3. The van der Waals surface area contributed by atoms with Crippen LogP contribution in [-0.2, 0) is 0 Å². The van der Waals surface area contributed by atoms with Crippen molar-refractivity contribution < 1.29 is 0 Å². The molecule has 0 unspecified atom stereocenters. The van der Waals surface area contributed by atoms with Crippen LogP contribution >= 0.6 is 0 Å². The van der Waals surface area contributed by atoms with E-state index in [1.807, 2.05) is 0 Å². The molecule has 1 aliphatic rings. The Labute approximate surface area is 103 Å². The molecule has 0 amide bonds. The van der Waals surface area contributed by atoms with Crippen LogP contribution < -0.4 is 0 Å². The highest BCUT2D eigenvalue weighted by molar-refractivity contribution is 6.77. The van der Waals surface area contributed by atoms with Crippen LogP contribution in [0.3, 0.4) is 0 Å². The van der Waals surface area contributed by atoms with Gasteiger partial charge in [-0.15, -0.1) is 0 Å². The number of rotatable bonds is 5. The van der Waals surface area contributed by atoms with E-state index < -0.39 is 8.07 Å². The molecule has 0 spiro atoms. The Morgan fingerprint density at radius 3 is 2.38 bits per heavy atom. The van der Waals surface area contributed by atoms with Gasteiger partial charge < -0.3 is 4.90 Å². The molecule has 1 rings (SSSR count). The molecular formula is C14H29NSi. The van der Waals surface area contributed by atoms with Crippen LogP contribution in [0, 0.1) is 0 Å². The lowest BCUT2D eigenvalue weighted by molar-refractivity contribution is 0.307. The first-order chi connectivity index (χ1) is 7.53. The smallest absolute Gasteiger partial charge is 0.0514 e. The Kier molecular flexibility index (Phi) is 5.60. The molecule has 0 aromatic carbocycles. The number of nitrogens with zero attached hydrogens (tertiary/aromatic N) is 1. The summed E-state index contributed by atoms with van der Waals surface area (Å²) < 4.78 is 0. The molecule has 0 N–H and O–H groups in total. The lowest BCUT2D eigenvalue weighted by atomic mass is 10.1. The molecule has 1 aliphatic heterocycles. The Balaban J connectivity index is 2.43. The predicted molar refractivity (Wildman–Crippen MR) is 76.6 cm³/mol. The number of piperidine rings is 1. The van der Waals surface area contributed by atoms with Crippen LogP contribution in [0.2, 0.25) is 25.2 Å². The molecule has 1 saturated heterocycles. The van der Waals surface area contributed by atoms with Gasteiger partial charge in [-0.05, 0) is 38.4 Å². The van der Waals surface area contributed by atoms with Gasteiger partial charge in [0.2, 0.25) is 0 Å². The monoisotopic (exact) mass is 239 g/mol. The van der Waals surface area contributed by atoms with Gasteiger partial charge >= 0.3 is 0 Å². The standard InChI is InChI=1S/C14H29NSi/c1-5-11-16(3,4)13-14(2)12-15-9-7-6-8-10-15/h12H,5-11,13H2,1-4H3. The summed E-state index contributed by atoms with van der Waals surface area (Å²) in [5, 5.41) is 0. The van der Waals surface area contributed by atoms with E-state index in [0.29, 0.717) is 0 Å². The van der Waals surface area contributed by atoms with Crippen LogP contribution in [0.25, 0.3) is 0 Å². The van der Waals surface area contributed by atoms with Gasteiger partial charge in [-0.1, -0.05) is 38.1 Å². The van der Waals surface area contributed by atoms with Crippen molar-refractivity contribution in [3.05, 3.63) is 11.8 Å². The normalized spacial score (nSPS) is 19.0. The Bertz CT molecular complexity index is 227. The van der Waals surface area contributed by atoms with E-state index in [1.54, 1.807) is 5.57 Å². The van der Waals surface area contributed by atoms with E-state index in [2.05, 4.69) is 38.0 Å². The maximum atomic E-state index is 2.54. The summed E-state index contributed by atoms with van der Waals surface area (Å²) in [6.07, 6.45) is 8.01. The first kappa shape index (κ1) is 13.8. The fourth-order valence-corrected chi connectivity index (χ4v) is 6.06. The summed E-state index contributed by atoms with van der Waals surface area (Å²) in [5.41, 5.74) is 1.62. The topological polar surface area (TPSA) is 3.24 Å². The first-order valence-corrected chi connectivity index (χ1v) is 10.4. The molecule has 0 aromatic rings. The molecule has 0 aromatic heterocycles. The van der Waals surface area contributed by atoms with Gasteiger partial charge in [0.15, 0.2) is 0 Å². The molecule has 2 heteroatoms. The van der Waals surface area contributed by atoms with E-state index in [-0.39, 0.29) is 0 Å². The van der Waals surface area contributed by atoms with Crippen LogP contribution in [0.4, 0.5) is 0 Å². The van der Waals surface area contributed by atoms with Crippen molar-refractivity contribution in [2.45, 2.75) is 64.7 Å². The number of hydrogen-bond donors (Lipinski definition) is 0. The molecule has 0 atom stereocenters. The third-order valence-electron chi connectivity index (χ3n) is 3.48. The maximum absolute atomic E-state index is 2.54. The van der Waals surface area contributed by atoms with Crippen molar-refractivity contribution in [2.24, 2.45) is 0 Å². The van der Waals surface area contributed by atoms with Crippen molar-refractivity contribution in [1.82, 2.24) is 4.90 Å².